The van der Waals surface area contributed by atoms with Gasteiger partial charge in [0.05, 0.1) is 45.4 Å². The molecule has 3 N–H and O–H groups in total. The van der Waals surface area contributed by atoms with Crippen LogP contribution < -0.4 is 0 Å². The Morgan fingerprint density at radius 1 is 0.515 bits per heavy atom. The lowest BCUT2D eigenvalue weighted by Crippen LogP contribution is -2.52. The van der Waals surface area contributed by atoms with Gasteiger partial charge in [-0.15, -0.1) is 6.58 Å². The number of quaternary nitrogens is 1. The number of carbonyl (C=O) groups is 3. The van der Waals surface area contributed by atoms with E-state index in [4.69, 9.17) is 15.3 Å². The Hall–Kier alpha value is -1.89. The minimum Gasteiger partial charge on any atom is -0.481 e. The summed E-state index contributed by atoms with van der Waals surface area (Å²) in [6, 6.07) is 0. The molecule has 0 unspecified atom stereocenters. The van der Waals surface area contributed by atoms with E-state index in [1.54, 1.807) is 0 Å². The summed E-state index contributed by atoms with van der Waals surface area (Å²) in [5.74, 6) is -2.80. The number of nitrogens with zero attached hydrogens (tertiary/aromatic N) is 1. The van der Waals surface area contributed by atoms with E-state index in [0.717, 1.165) is 25.7 Å². The van der Waals surface area contributed by atoms with Crippen molar-refractivity contribution in [1.82, 2.24) is 0 Å². The first-order chi connectivity index (χ1) is 15.8. The monoisotopic (exact) mass is 470 g/mol. The zero-order valence-electron chi connectivity index (χ0n) is 20.6. The van der Waals surface area contributed by atoms with E-state index in [9.17, 15) is 14.4 Å². The van der Waals surface area contributed by atoms with Gasteiger partial charge in [-0.3, -0.25) is 14.4 Å². The van der Waals surface area contributed by atoms with Crippen molar-refractivity contribution in [3.63, 3.8) is 0 Å². The number of aliphatic carboxylic acids is 3. The van der Waals surface area contributed by atoms with Crippen molar-refractivity contribution in [3.8, 4) is 0 Å². The third-order valence-corrected chi connectivity index (χ3v) is 6.44. The van der Waals surface area contributed by atoms with Crippen molar-refractivity contribution in [2.45, 2.75) is 109 Å². The first-order valence-electron chi connectivity index (χ1n) is 12.9. The van der Waals surface area contributed by atoms with Gasteiger partial charge < -0.3 is 19.8 Å². The van der Waals surface area contributed by atoms with Gasteiger partial charge in [-0.2, -0.15) is 0 Å². The number of carboxylic acid groups (broad SMARTS) is 3. The Bertz CT molecular complexity index is 503. The van der Waals surface area contributed by atoms with Crippen LogP contribution in [-0.4, -0.2) is 63.9 Å². The summed E-state index contributed by atoms with van der Waals surface area (Å²) in [6.45, 7) is 5.24. The highest BCUT2D eigenvalue weighted by atomic mass is 16.4. The molecule has 0 aromatic rings. The average Bonchev–Trinajstić information content (AvgIpc) is 2.76. The van der Waals surface area contributed by atoms with E-state index < -0.39 is 17.9 Å². The van der Waals surface area contributed by atoms with Gasteiger partial charge in [-0.05, 0) is 25.7 Å². The minimum atomic E-state index is -0.934. The Labute approximate surface area is 200 Å². The highest BCUT2D eigenvalue weighted by molar-refractivity contribution is 5.67. The minimum absolute atomic E-state index is 0.0753. The van der Waals surface area contributed by atoms with Crippen LogP contribution >= 0.6 is 0 Å². The molecule has 0 atom stereocenters. The first kappa shape index (κ1) is 31.1. The fourth-order valence-electron chi connectivity index (χ4n) is 4.35. The molecule has 0 heterocycles. The molecule has 0 rings (SSSR count). The average molecular weight is 471 g/mol. The molecule has 0 bridgehead atoms. The first-order valence-corrected chi connectivity index (χ1v) is 12.9. The van der Waals surface area contributed by atoms with E-state index in [1.807, 2.05) is 6.08 Å². The van der Waals surface area contributed by atoms with E-state index in [2.05, 4.69) is 6.58 Å². The summed E-state index contributed by atoms with van der Waals surface area (Å²) >= 11 is 0. The molecular weight excluding hydrogens is 422 g/mol. The van der Waals surface area contributed by atoms with Gasteiger partial charge in [0.25, 0.3) is 0 Å². The number of hydrogen-bond acceptors (Lipinski definition) is 3. The molecule has 7 heteroatoms. The highest BCUT2D eigenvalue weighted by Crippen LogP contribution is 2.17. The second kappa shape index (κ2) is 20.7. The molecular formula is C26H48NO6+. The van der Waals surface area contributed by atoms with Gasteiger partial charge in [0.15, 0.2) is 0 Å². The van der Waals surface area contributed by atoms with E-state index in [0.29, 0.717) is 6.54 Å². The van der Waals surface area contributed by atoms with Crippen molar-refractivity contribution >= 4 is 17.9 Å². The molecule has 7 nitrogen and oxygen atoms in total. The Kier molecular flexibility index (Phi) is 19.5. The molecule has 0 amide bonds. The second-order valence-electron chi connectivity index (χ2n) is 9.34. The number of carboxylic acids is 3. The summed E-state index contributed by atoms with van der Waals surface area (Å²) in [4.78, 5) is 33.3. The van der Waals surface area contributed by atoms with Crippen LogP contribution in [0.25, 0.3) is 0 Å². The molecule has 0 aliphatic rings. The molecule has 33 heavy (non-hydrogen) atoms. The van der Waals surface area contributed by atoms with Gasteiger partial charge in [0.2, 0.25) is 0 Å². The molecule has 0 aliphatic carbocycles. The standard InChI is InChI=1S/C26H47NO6/c1-2-3-4-5-6-7-8-9-10-11-12-13-14-15-16-20-27(21-17-24(28)29,22-18-25(30)31)23-19-26(32)33/h2H,1,3-23H2,(H2-,28,29,30,31,32,33)/p+1. The van der Waals surface area contributed by atoms with Crippen molar-refractivity contribution in [1.29, 1.82) is 0 Å². The fraction of sp³-hybridized carbons (Fsp3) is 0.808. The van der Waals surface area contributed by atoms with Crippen LogP contribution in [0.15, 0.2) is 12.7 Å². The van der Waals surface area contributed by atoms with Gasteiger partial charge >= 0.3 is 17.9 Å². The van der Waals surface area contributed by atoms with Crippen molar-refractivity contribution in [3.05, 3.63) is 12.7 Å². The van der Waals surface area contributed by atoms with Gasteiger partial charge in [-0.25, -0.2) is 0 Å². The third kappa shape index (κ3) is 20.4. The summed E-state index contributed by atoms with van der Waals surface area (Å²) in [5, 5.41) is 27.3. The maximum Gasteiger partial charge on any atom is 0.309 e. The molecule has 0 fully saturated rings. The van der Waals surface area contributed by atoms with Gasteiger partial charge in [0.1, 0.15) is 0 Å². The SMILES string of the molecule is C=CCCCCCCCCCCCCCCC[N+](CCC(=O)O)(CCC(=O)O)CCC(=O)O. The largest absolute Gasteiger partial charge is 0.481 e. The Morgan fingerprint density at radius 3 is 1.12 bits per heavy atom. The van der Waals surface area contributed by atoms with E-state index in [1.165, 1.54) is 64.2 Å². The quantitative estimate of drug-likeness (QED) is 0.0873. The molecule has 0 aromatic heterocycles. The van der Waals surface area contributed by atoms with Gasteiger partial charge in [0, 0.05) is 0 Å². The van der Waals surface area contributed by atoms with Crippen LogP contribution in [-0.2, 0) is 14.4 Å². The Morgan fingerprint density at radius 2 is 0.818 bits per heavy atom. The van der Waals surface area contributed by atoms with Crippen LogP contribution in [0.4, 0.5) is 0 Å². The molecule has 0 aromatic carbocycles. The molecule has 192 valence electrons. The lowest BCUT2D eigenvalue weighted by atomic mass is 10.0. The molecule has 0 saturated carbocycles. The topological polar surface area (TPSA) is 112 Å². The zero-order chi connectivity index (χ0) is 24.8. The number of rotatable bonds is 25. The van der Waals surface area contributed by atoms with Crippen LogP contribution in [0.2, 0.25) is 0 Å². The summed E-state index contributed by atoms with van der Waals surface area (Å²) < 4.78 is 0.262. The normalized spacial score (nSPS) is 11.4. The predicted octanol–water partition coefficient (Wildman–Crippen LogP) is 5.87. The second-order valence-corrected chi connectivity index (χ2v) is 9.34. The number of allylic oxidation sites excluding steroid dienone is 1. The predicted molar refractivity (Wildman–Crippen MR) is 131 cm³/mol. The lowest BCUT2D eigenvalue weighted by molar-refractivity contribution is -0.927. The summed E-state index contributed by atoms with van der Waals surface area (Å²) in [6.07, 6.45) is 18.8. The van der Waals surface area contributed by atoms with Crippen molar-refractivity contribution in [2.24, 2.45) is 0 Å². The molecule has 0 aliphatic heterocycles. The maximum atomic E-state index is 11.1. The molecule has 0 radical (unpaired) electrons. The van der Waals surface area contributed by atoms with Crippen LogP contribution in [0.1, 0.15) is 109 Å². The van der Waals surface area contributed by atoms with E-state index in [-0.39, 0.29) is 43.4 Å². The molecule has 0 saturated heterocycles. The zero-order valence-corrected chi connectivity index (χ0v) is 20.6. The Balaban J connectivity index is 4.10. The third-order valence-electron chi connectivity index (χ3n) is 6.44. The van der Waals surface area contributed by atoms with Crippen molar-refractivity contribution < 1.29 is 34.2 Å². The molecule has 0 spiro atoms. The number of hydrogen-bond donors (Lipinski definition) is 3. The lowest BCUT2D eigenvalue weighted by Gasteiger charge is -2.38. The van der Waals surface area contributed by atoms with Crippen LogP contribution in [0, 0.1) is 0 Å². The smallest absolute Gasteiger partial charge is 0.309 e. The van der Waals surface area contributed by atoms with Gasteiger partial charge in [-0.1, -0.05) is 70.3 Å². The highest BCUT2D eigenvalue weighted by Gasteiger charge is 2.29. The summed E-state index contributed by atoms with van der Waals surface area (Å²) in [5.41, 5.74) is 0. The van der Waals surface area contributed by atoms with E-state index >= 15 is 0 Å². The summed E-state index contributed by atoms with van der Waals surface area (Å²) in [7, 11) is 0. The maximum absolute atomic E-state index is 11.1. The van der Waals surface area contributed by atoms with Crippen molar-refractivity contribution in [2.75, 3.05) is 26.2 Å². The van der Waals surface area contributed by atoms with Crippen LogP contribution in [0.3, 0.4) is 0 Å². The fourth-order valence-corrected chi connectivity index (χ4v) is 4.35. The van der Waals surface area contributed by atoms with Crippen LogP contribution in [0.5, 0.6) is 0 Å². The number of unbranched alkanes of at least 4 members (excludes halogenated alkanes) is 13.